The number of ether oxygens (including phenoxy) is 1. The number of hydrogen-bond acceptors (Lipinski definition) is 6. The first-order valence-corrected chi connectivity index (χ1v) is 11.1. The highest BCUT2D eigenvalue weighted by Gasteiger charge is 2.31. The minimum Gasteiger partial charge on any atom is -0.379 e. The van der Waals surface area contributed by atoms with Crippen LogP contribution >= 0.6 is 12.4 Å². The molecule has 1 aromatic rings. The van der Waals surface area contributed by atoms with Gasteiger partial charge in [0.2, 0.25) is 20.0 Å². The Balaban J connectivity index is 0.00000243. The summed E-state index contributed by atoms with van der Waals surface area (Å²) in [6.07, 6.45) is 0.763. The number of benzene rings is 1. The largest absolute Gasteiger partial charge is 0.379 e. The van der Waals surface area contributed by atoms with Crippen LogP contribution in [0.4, 0.5) is 0 Å². The van der Waals surface area contributed by atoms with Crippen molar-refractivity contribution in [2.24, 2.45) is 0 Å². The van der Waals surface area contributed by atoms with Crippen molar-refractivity contribution >= 4 is 32.5 Å². The van der Waals surface area contributed by atoms with E-state index in [1.165, 1.54) is 32.9 Å². The molecular formula is C15H24ClN3O5S2. The van der Waals surface area contributed by atoms with E-state index in [-0.39, 0.29) is 28.2 Å². The predicted molar refractivity (Wildman–Crippen MR) is 99.5 cm³/mol. The molecule has 0 spiro atoms. The number of nitrogens with one attached hydrogen (secondary N) is 1. The Kier molecular flexibility index (Phi) is 7.05. The van der Waals surface area contributed by atoms with Gasteiger partial charge in [0.25, 0.3) is 0 Å². The van der Waals surface area contributed by atoms with Crippen molar-refractivity contribution in [2.45, 2.75) is 22.3 Å². The summed E-state index contributed by atoms with van der Waals surface area (Å²) in [6, 6.07) is 5.36. The highest BCUT2D eigenvalue weighted by atomic mass is 35.5. The third kappa shape index (κ3) is 4.22. The first-order chi connectivity index (χ1) is 11.8. The van der Waals surface area contributed by atoms with Gasteiger partial charge in [0.05, 0.1) is 23.0 Å². The van der Waals surface area contributed by atoms with Crippen molar-refractivity contribution in [1.82, 2.24) is 13.9 Å². The van der Waals surface area contributed by atoms with Gasteiger partial charge in [0.15, 0.2) is 0 Å². The average Bonchev–Trinajstić information content (AvgIpc) is 3.16. The van der Waals surface area contributed by atoms with E-state index in [0.29, 0.717) is 32.8 Å². The highest BCUT2D eigenvalue weighted by Crippen LogP contribution is 2.23. The SMILES string of the molecule is CN(C1CCNC1)S(=O)(=O)c1ccc(S(=O)(=O)N2CCOCC2)cc1.Cl. The van der Waals surface area contributed by atoms with Crippen LogP contribution in [0.2, 0.25) is 0 Å². The summed E-state index contributed by atoms with van der Waals surface area (Å²) < 4.78 is 58.5. The summed E-state index contributed by atoms with van der Waals surface area (Å²) in [4.78, 5) is 0.196. The molecule has 1 N–H and O–H groups in total. The maximum Gasteiger partial charge on any atom is 0.243 e. The molecule has 2 fully saturated rings. The van der Waals surface area contributed by atoms with E-state index >= 15 is 0 Å². The standard InChI is InChI=1S/C15H23N3O5S2.ClH/c1-17(13-6-7-16-12-13)24(19,20)14-2-4-15(5-3-14)25(21,22)18-8-10-23-11-9-18;/h2-5,13,16H,6-12H2,1H3;1H. The van der Waals surface area contributed by atoms with E-state index in [2.05, 4.69) is 5.32 Å². The van der Waals surface area contributed by atoms with Crippen molar-refractivity contribution in [2.75, 3.05) is 46.4 Å². The molecule has 2 aliphatic heterocycles. The van der Waals surface area contributed by atoms with Crippen molar-refractivity contribution in [3.05, 3.63) is 24.3 Å². The molecule has 2 saturated heterocycles. The van der Waals surface area contributed by atoms with Crippen LogP contribution in [-0.4, -0.2) is 77.9 Å². The second-order valence-corrected chi connectivity index (χ2v) is 10.1. The number of sulfonamides is 2. The van der Waals surface area contributed by atoms with Crippen molar-refractivity contribution < 1.29 is 21.6 Å². The second-order valence-electron chi connectivity index (χ2n) is 6.16. The molecule has 26 heavy (non-hydrogen) atoms. The first kappa shape index (κ1) is 21.5. The van der Waals surface area contributed by atoms with Gasteiger partial charge in [-0.1, -0.05) is 0 Å². The van der Waals surface area contributed by atoms with E-state index in [9.17, 15) is 16.8 Å². The molecule has 1 aromatic carbocycles. The monoisotopic (exact) mass is 425 g/mol. The Bertz CT molecular complexity index is 802. The van der Waals surface area contributed by atoms with Gasteiger partial charge < -0.3 is 10.1 Å². The molecule has 0 radical (unpaired) electrons. The summed E-state index contributed by atoms with van der Waals surface area (Å²) in [5.41, 5.74) is 0. The van der Waals surface area contributed by atoms with E-state index in [1.54, 1.807) is 7.05 Å². The summed E-state index contributed by atoms with van der Waals surface area (Å²) in [5, 5.41) is 3.14. The maximum atomic E-state index is 12.7. The number of nitrogens with zero attached hydrogens (tertiary/aromatic N) is 2. The number of hydrogen-bond donors (Lipinski definition) is 1. The fraction of sp³-hybridized carbons (Fsp3) is 0.600. The van der Waals surface area contributed by atoms with Crippen molar-refractivity contribution in [3.63, 3.8) is 0 Å². The van der Waals surface area contributed by atoms with Gasteiger partial charge in [-0.15, -0.1) is 12.4 Å². The Labute approximate surface area is 161 Å². The van der Waals surface area contributed by atoms with Crippen LogP contribution < -0.4 is 5.32 Å². The van der Waals surface area contributed by atoms with Crippen LogP contribution in [0.25, 0.3) is 0 Å². The summed E-state index contributed by atoms with van der Waals surface area (Å²) in [7, 11) is -5.71. The third-order valence-corrected chi connectivity index (χ3v) is 8.49. The zero-order valence-electron chi connectivity index (χ0n) is 14.5. The topological polar surface area (TPSA) is 96.0 Å². The van der Waals surface area contributed by atoms with E-state index in [1.807, 2.05) is 0 Å². The number of likely N-dealkylation sites (N-methyl/N-ethyl adjacent to an activating group) is 1. The third-order valence-electron chi connectivity index (χ3n) is 4.66. The van der Waals surface area contributed by atoms with Gasteiger partial charge in [-0.25, -0.2) is 16.8 Å². The molecule has 0 aliphatic carbocycles. The van der Waals surface area contributed by atoms with Gasteiger partial charge >= 0.3 is 0 Å². The molecule has 0 amide bonds. The van der Waals surface area contributed by atoms with Gasteiger partial charge in [-0.2, -0.15) is 8.61 Å². The van der Waals surface area contributed by atoms with Gasteiger partial charge in [-0.3, -0.25) is 0 Å². The number of halogens is 1. The molecule has 0 saturated carbocycles. The quantitative estimate of drug-likeness (QED) is 0.719. The van der Waals surface area contributed by atoms with Crippen LogP contribution in [0.5, 0.6) is 0 Å². The lowest BCUT2D eigenvalue weighted by Crippen LogP contribution is -2.40. The normalized spacial score (nSPS) is 22.3. The fourth-order valence-electron chi connectivity index (χ4n) is 3.03. The van der Waals surface area contributed by atoms with Gasteiger partial charge in [-0.05, 0) is 37.2 Å². The number of morpholine rings is 1. The molecule has 1 atom stereocenters. The first-order valence-electron chi connectivity index (χ1n) is 8.20. The van der Waals surface area contributed by atoms with E-state index in [4.69, 9.17) is 4.74 Å². The van der Waals surface area contributed by atoms with Crippen LogP contribution in [0, 0.1) is 0 Å². The lowest BCUT2D eigenvalue weighted by molar-refractivity contribution is 0.0730. The Morgan fingerprint density at radius 3 is 2.19 bits per heavy atom. The molecule has 0 aromatic heterocycles. The average molecular weight is 426 g/mol. The lowest BCUT2D eigenvalue weighted by atomic mass is 10.3. The predicted octanol–water partition coefficient (Wildman–Crippen LogP) is 0.112. The van der Waals surface area contributed by atoms with Crippen LogP contribution in [0.1, 0.15) is 6.42 Å². The molecule has 8 nitrogen and oxygen atoms in total. The number of rotatable bonds is 5. The van der Waals surface area contributed by atoms with Crippen molar-refractivity contribution in [1.29, 1.82) is 0 Å². The minimum absolute atomic E-state index is 0. The van der Waals surface area contributed by atoms with Crippen molar-refractivity contribution in [3.8, 4) is 0 Å². The van der Waals surface area contributed by atoms with Crippen LogP contribution in [0.15, 0.2) is 34.1 Å². The molecule has 3 rings (SSSR count). The molecule has 11 heteroatoms. The molecule has 2 aliphatic rings. The molecule has 148 valence electrons. The summed E-state index contributed by atoms with van der Waals surface area (Å²) in [6.45, 7) is 2.76. The Morgan fingerprint density at radius 1 is 1.08 bits per heavy atom. The molecular weight excluding hydrogens is 402 g/mol. The van der Waals surface area contributed by atoms with E-state index < -0.39 is 20.0 Å². The second kappa shape index (κ2) is 8.51. The molecule has 2 heterocycles. The molecule has 0 bridgehead atoms. The summed E-state index contributed by atoms with van der Waals surface area (Å²) >= 11 is 0. The lowest BCUT2D eigenvalue weighted by Gasteiger charge is -2.26. The van der Waals surface area contributed by atoms with Gasteiger partial charge in [0.1, 0.15) is 0 Å². The molecule has 1 unspecified atom stereocenters. The smallest absolute Gasteiger partial charge is 0.243 e. The van der Waals surface area contributed by atoms with Gasteiger partial charge in [0, 0.05) is 32.7 Å². The Hall–Kier alpha value is -0.750. The fourth-order valence-corrected chi connectivity index (χ4v) is 5.82. The zero-order chi connectivity index (χ0) is 18.1. The maximum absolute atomic E-state index is 12.7. The zero-order valence-corrected chi connectivity index (χ0v) is 16.9. The minimum atomic E-state index is -3.64. The van der Waals surface area contributed by atoms with Crippen LogP contribution in [0.3, 0.4) is 0 Å². The summed E-state index contributed by atoms with van der Waals surface area (Å²) in [5.74, 6) is 0. The van der Waals surface area contributed by atoms with E-state index in [0.717, 1.165) is 13.0 Å². The van der Waals surface area contributed by atoms with Crippen LogP contribution in [-0.2, 0) is 24.8 Å². The Morgan fingerprint density at radius 2 is 1.65 bits per heavy atom. The highest BCUT2D eigenvalue weighted by molar-refractivity contribution is 7.89.